The summed E-state index contributed by atoms with van der Waals surface area (Å²) in [6.45, 7) is 3.46. The third kappa shape index (κ3) is 3.69. The molecule has 3 heterocycles. The standard InChI is InChI=1S/C19H24N4O4S/c1-15-4-6-18(7-5-15)28(25,26)21-13-16-8-9-20-23(16)17(14-21)12-19(24)22-10-2-3-11-27-22/h4-9,17H,2-3,10-14H2,1H3. The first kappa shape index (κ1) is 19.1. The Morgan fingerprint density at radius 1 is 1.21 bits per heavy atom. The van der Waals surface area contributed by atoms with Gasteiger partial charge in [-0.25, -0.2) is 13.5 Å². The molecule has 28 heavy (non-hydrogen) atoms. The average Bonchev–Trinajstić information content (AvgIpc) is 3.18. The Labute approximate surface area is 164 Å². The van der Waals surface area contributed by atoms with Gasteiger partial charge >= 0.3 is 0 Å². The molecule has 2 aliphatic heterocycles. The zero-order valence-electron chi connectivity index (χ0n) is 15.8. The van der Waals surface area contributed by atoms with Crippen LogP contribution in [0, 0.1) is 6.92 Å². The van der Waals surface area contributed by atoms with Gasteiger partial charge in [-0.05, 0) is 38.0 Å². The molecular weight excluding hydrogens is 380 g/mol. The maximum Gasteiger partial charge on any atom is 0.248 e. The summed E-state index contributed by atoms with van der Waals surface area (Å²) < 4.78 is 29.5. The molecule has 0 N–H and O–H groups in total. The van der Waals surface area contributed by atoms with Crippen LogP contribution in [0.5, 0.6) is 0 Å². The number of carbonyl (C=O) groups is 1. The summed E-state index contributed by atoms with van der Waals surface area (Å²) in [6.07, 6.45) is 3.65. The SMILES string of the molecule is Cc1ccc(S(=O)(=O)N2Cc3ccnn3C(CC(=O)N3CCCCO3)C2)cc1. The highest BCUT2D eigenvalue weighted by Crippen LogP contribution is 2.29. The lowest BCUT2D eigenvalue weighted by atomic mass is 10.1. The van der Waals surface area contributed by atoms with E-state index in [2.05, 4.69) is 5.10 Å². The normalized spacial score (nSPS) is 20.8. The van der Waals surface area contributed by atoms with Crippen molar-refractivity contribution in [1.82, 2.24) is 19.1 Å². The Morgan fingerprint density at radius 3 is 2.71 bits per heavy atom. The van der Waals surface area contributed by atoms with Crippen LogP contribution in [-0.2, 0) is 26.2 Å². The number of sulfonamides is 1. The maximum atomic E-state index is 13.1. The fourth-order valence-electron chi connectivity index (χ4n) is 3.64. The number of hydrogen-bond donors (Lipinski definition) is 0. The van der Waals surface area contributed by atoms with Crippen LogP contribution < -0.4 is 0 Å². The van der Waals surface area contributed by atoms with Crippen LogP contribution in [-0.4, -0.2) is 53.2 Å². The van der Waals surface area contributed by atoms with Crippen LogP contribution >= 0.6 is 0 Å². The second kappa shape index (κ2) is 7.65. The van der Waals surface area contributed by atoms with Crippen molar-refractivity contribution in [1.29, 1.82) is 0 Å². The lowest BCUT2D eigenvalue weighted by Crippen LogP contribution is -2.44. The molecule has 0 saturated carbocycles. The summed E-state index contributed by atoms with van der Waals surface area (Å²) in [6, 6.07) is 8.26. The van der Waals surface area contributed by atoms with E-state index in [1.165, 1.54) is 9.37 Å². The topological polar surface area (TPSA) is 84.7 Å². The molecular formula is C19H24N4O4S. The van der Waals surface area contributed by atoms with Crippen molar-refractivity contribution >= 4 is 15.9 Å². The van der Waals surface area contributed by atoms with E-state index in [1.54, 1.807) is 41.2 Å². The molecule has 2 aliphatic rings. The molecule has 1 fully saturated rings. The summed E-state index contributed by atoms with van der Waals surface area (Å²) in [7, 11) is -3.66. The molecule has 8 nitrogen and oxygen atoms in total. The van der Waals surface area contributed by atoms with Crippen molar-refractivity contribution in [3.8, 4) is 0 Å². The van der Waals surface area contributed by atoms with Gasteiger partial charge in [-0.3, -0.25) is 14.3 Å². The summed E-state index contributed by atoms with van der Waals surface area (Å²) in [5.41, 5.74) is 1.78. The lowest BCUT2D eigenvalue weighted by molar-refractivity contribution is -0.198. The molecule has 1 saturated heterocycles. The van der Waals surface area contributed by atoms with Crippen molar-refractivity contribution in [2.75, 3.05) is 19.7 Å². The quantitative estimate of drug-likeness (QED) is 0.777. The molecule has 1 unspecified atom stereocenters. The monoisotopic (exact) mass is 404 g/mol. The third-order valence-electron chi connectivity index (χ3n) is 5.20. The number of nitrogens with zero attached hydrogens (tertiary/aromatic N) is 4. The van der Waals surface area contributed by atoms with Gasteiger partial charge < -0.3 is 0 Å². The summed E-state index contributed by atoms with van der Waals surface area (Å²) >= 11 is 0. The van der Waals surface area contributed by atoms with Gasteiger partial charge in [-0.2, -0.15) is 9.40 Å². The summed E-state index contributed by atoms with van der Waals surface area (Å²) in [4.78, 5) is 18.4. The first-order valence-electron chi connectivity index (χ1n) is 9.47. The van der Waals surface area contributed by atoms with Gasteiger partial charge in [-0.1, -0.05) is 17.7 Å². The molecule has 1 aromatic heterocycles. The maximum absolute atomic E-state index is 13.1. The van der Waals surface area contributed by atoms with Gasteiger partial charge in [0.25, 0.3) is 0 Å². The molecule has 4 rings (SSSR count). The molecule has 0 radical (unpaired) electrons. The second-order valence-corrected chi connectivity index (χ2v) is 9.21. The Balaban J connectivity index is 1.57. The van der Waals surface area contributed by atoms with Crippen molar-refractivity contribution < 1.29 is 18.0 Å². The van der Waals surface area contributed by atoms with E-state index < -0.39 is 10.0 Å². The Morgan fingerprint density at radius 2 is 2.00 bits per heavy atom. The zero-order chi connectivity index (χ0) is 19.7. The molecule has 150 valence electrons. The minimum Gasteiger partial charge on any atom is -0.273 e. The van der Waals surface area contributed by atoms with Gasteiger partial charge in [0.15, 0.2) is 0 Å². The number of aryl methyl sites for hydroxylation is 1. The van der Waals surface area contributed by atoms with Gasteiger partial charge in [0.1, 0.15) is 0 Å². The van der Waals surface area contributed by atoms with Gasteiger partial charge in [0, 0.05) is 19.3 Å². The van der Waals surface area contributed by atoms with E-state index in [-0.39, 0.29) is 36.4 Å². The Kier molecular flexibility index (Phi) is 5.22. The van der Waals surface area contributed by atoms with Crippen molar-refractivity contribution in [3.63, 3.8) is 0 Å². The molecule has 0 aliphatic carbocycles. The summed E-state index contributed by atoms with van der Waals surface area (Å²) in [5.74, 6) is -0.138. The highest BCUT2D eigenvalue weighted by molar-refractivity contribution is 7.89. The van der Waals surface area contributed by atoms with E-state index >= 15 is 0 Å². The average molecular weight is 404 g/mol. The van der Waals surface area contributed by atoms with E-state index in [0.29, 0.717) is 13.2 Å². The molecule has 2 aromatic rings. The van der Waals surface area contributed by atoms with Crippen LogP contribution in [0.2, 0.25) is 0 Å². The second-order valence-electron chi connectivity index (χ2n) is 7.27. The number of carbonyl (C=O) groups excluding carboxylic acids is 1. The van der Waals surface area contributed by atoms with E-state index in [9.17, 15) is 13.2 Å². The number of hydrogen-bond acceptors (Lipinski definition) is 5. The lowest BCUT2D eigenvalue weighted by Gasteiger charge is -2.34. The molecule has 0 spiro atoms. The summed E-state index contributed by atoms with van der Waals surface area (Å²) in [5, 5.41) is 5.72. The molecule has 1 aromatic carbocycles. The highest BCUT2D eigenvalue weighted by atomic mass is 32.2. The first-order valence-corrected chi connectivity index (χ1v) is 10.9. The zero-order valence-corrected chi connectivity index (χ0v) is 16.6. The minimum atomic E-state index is -3.66. The van der Waals surface area contributed by atoms with Crippen LogP contribution in [0.4, 0.5) is 0 Å². The van der Waals surface area contributed by atoms with Crippen LogP contribution in [0.25, 0.3) is 0 Å². The van der Waals surface area contributed by atoms with Crippen molar-refractivity contribution in [3.05, 3.63) is 47.8 Å². The molecule has 9 heteroatoms. The van der Waals surface area contributed by atoms with E-state index in [0.717, 1.165) is 24.1 Å². The third-order valence-corrected chi connectivity index (χ3v) is 7.03. The predicted octanol–water partition coefficient (Wildman–Crippen LogP) is 1.88. The first-order chi connectivity index (χ1) is 13.4. The number of rotatable bonds is 4. The Hall–Kier alpha value is -2.23. The van der Waals surface area contributed by atoms with Crippen molar-refractivity contribution in [2.45, 2.75) is 43.7 Å². The number of hydroxylamine groups is 2. The van der Waals surface area contributed by atoms with Crippen LogP contribution in [0.3, 0.4) is 0 Å². The van der Waals surface area contributed by atoms with E-state index in [1.807, 2.05) is 6.92 Å². The molecule has 1 atom stereocenters. The predicted molar refractivity (Wildman–Crippen MR) is 102 cm³/mol. The van der Waals surface area contributed by atoms with Gasteiger partial charge in [0.2, 0.25) is 15.9 Å². The number of aromatic nitrogens is 2. The molecule has 1 amide bonds. The van der Waals surface area contributed by atoms with Gasteiger partial charge in [-0.15, -0.1) is 0 Å². The fourth-order valence-corrected chi connectivity index (χ4v) is 5.09. The fraction of sp³-hybridized carbons (Fsp3) is 0.474. The number of fused-ring (bicyclic) bond motifs is 1. The largest absolute Gasteiger partial charge is 0.273 e. The van der Waals surface area contributed by atoms with Crippen molar-refractivity contribution in [2.24, 2.45) is 0 Å². The van der Waals surface area contributed by atoms with Crippen LogP contribution in [0.15, 0.2) is 41.4 Å². The van der Waals surface area contributed by atoms with Gasteiger partial charge in [0.05, 0.1) is 36.2 Å². The Bertz CT molecular complexity index is 949. The number of amides is 1. The van der Waals surface area contributed by atoms with Crippen LogP contribution in [0.1, 0.15) is 36.6 Å². The number of benzene rings is 1. The smallest absolute Gasteiger partial charge is 0.248 e. The minimum absolute atomic E-state index is 0.138. The molecule has 0 bridgehead atoms. The van der Waals surface area contributed by atoms with E-state index in [4.69, 9.17) is 4.84 Å². The highest BCUT2D eigenvalue weighted by Gasteiger charge is 2.35.